The van der Waals surface area contributed by atoms with Crippen molar-refractivity contribution in [3.63, 3.8) is 0 Å². The summed E-state index contributed by atoms with van der Waals surface area (Å²) in [4.78, 5) is 7.97. The zero-order valence-corrected chi connectivity index (χ0v) is 13.8. The summed E-state index contributed by atoms with van der Waals surface area (Å²) in [5.41, 5.74) is 0.796. The van der Waals surface area contributed by atoms with Crippen LogP contribution in [0.5, 0.6) is 0 Å². The lowest BCUT2D eigenvalue weighted by Gasteiger charge is -2.30. The number of nitrogens with zero attached hydrogens (tertiary/aromatic N) is 5. The average Bonchev–Trinajstić information content (AvgIpc) is 2.94. The molecule has 1 N–H and O–H groups in total. The van der Waals surface area contributed by atoms with Crippen LogP contribution in [0.15, 0.2) is 22.4 Å². The highest BCUT2D eigenvalue weighted by atomic mass is 32.2. The van der Waals surface area contributed by atoms with Gasteiger partial charge in [-0.25, -0.2) is 17.7 Å². The molecule has 0 saturated carbocycles. The van der Waals surface area contributed by atoms with Gasteiger partial charge >= 0.3 is 0 Å². The lowest BCUT2D eigenvalue weighted by molar-refractivity contribution is 0.262. The molecule has 1 saturated heterocycles. The van der Waals surface area contributed by atoms with Crippen LogP contribution in [0.25, 0.3) is 0 Å². The van der Waals surface area contributed by atoms with Crippen LogP contribution in [0.4, 0.5) is 5.69 Å². The maximum absolute atomic E-state index is 11.5. The molecule has 0 aromatic carbocycles. The Morgan fingerprint density at radius 2 is 2.18 bits per heavy atom. The van der Waals surface area contributed by atoms with E-state index in [4.69, 9.17) is 0 Å². The smallest absolute Gasteiger partial charge is 0.221 e. The lowest BCUT2D eigenvalue weighted by Crippen LogP contribution is -2.38. The van der Waals surface area contributed by atoms with Gasteiger partial charge in [-0.05, 0) is 26.5 Å². The molecular weight excluding hydrogens is 304 g/mol. The number of piperidine rings is 1. The number of rotatable bonds is 4. The van der Waals surface area contributed by atoms with Crippen LogP contribution < -0.4 is 5.32 Å². The molecule has 0 unspecified atom stereocenters. The molecule has 22 heavy (non-hydrogen) atoms. The highest BCUT2D eigenvalue weighted by Crippen LogP contribution is 2.24. The first-order chi connectivity index (χ1) is 10.4. The van der Waals surface area contributed by atoms with Crippen molar-refractivity contribution in [3.8, 4) is 0 Å². The number of aliphatic imine (C=N–C) groups is 2. The highest BCUT2D eigenvalue weighted by Gasteiger charge is 2.26. The Balaban J connectivity index is 1.98. The second-order valence-electron chi connectivity index (χ2n) is 5.18. The zero-order valence-electron chi connectivity index (χ0n) is 12.9. The van der Waals surface area contributed by atoms with Gasteiger partial charge in [-0.2, -0.15) is 5.10 Å². The fourth-order valence-corrected chi connectivity index (χ4v) is 3.32. The van der Waals surface area contributed by atoms with Crippen LogP contribution in [0, 0.1) is 0 Å². The van der Waals surface area contributed by atoms with Crippen molar-refractivity contribution < 1.29 is 8.42 Å². The van der Waals surface area contributed by atoms with E-state index in [0.29, 0.717) is 25.6 Å². The first-order valence-corrected chi connectivity index (χ1v) is 9.06. The van der Waals surface area contributed by atoms with Gasteiger partial charge in [-0.1, -0.05) is 0 Å². The van der Waals surface area contributed by atoms with E-state index in [-0.39, 0.29) is 6.04 Å². The van der Waals surface area contributed by atoms with E-state index in [0.717, 1.165) is 18.5 Å². The van der Waals surface area contributed by atoms with Gasteiger partial charge in [0.1, 0.15) is 0 Å². The molecule has 1 fully saturated rings. The fourth-order valence-electron chi connectivity index (χ4n) is 2.45. The average molecular weight is 326 g/mol. The summed E-state index contributed by atoms with van der Waals surface area (Å²) in [5, 5.41) is 7.40. The molecule has 1 aromatic heterocycles. The van der Waals surface area contributed by atoms with Gasteiger partial charge in [0.15, 0.2) is 0 Å². The summed E-state index contributed by atoms with van der Waals surface area (Å²) in [7, 11) is -3.10. The van der Waals surface area contributed by atoms with Gasteiger partial charge in [-0.15, -0.1) is 0 Å². The van der Waals surface area contributed by atoms with Crippen LogP contribution in [0.2, 0.25) is 0 Å². The van der Waals surface area contributed by atoms with E-state index in [1.165, 1.54) is 10.6 Å². The second-order valence-corrected chi connectivity index (χ2v) is 7.17. The first-order valence-electron chi connectivity index (χ1n) is 7.21. The maximum atomic E-state index is 11.5. The van der Waals surface area contributed by atoms with Gasteiger partial charge in [0.25, 0.3) is 0 Å². The van der Waals surface area contributed by atoms with Crippen molar-refractivity contribution in [2.45, 2.75) is 25.8 Å². The van der Waals surface area contributed by atoms with E-state index >= 15 is 0 Å². The third-order valence-electron chi connectivity index (χ3n) is 3.58. The monoisotopic (exact) mass is 326 g/mol. The van der Waals surface area contributed by atoms with E-state index < -0.39 is 10.0 Å². The number of nitrogens with one attached hydrogen (secondary N) is 1. The molecule has 1 aliphatic heterocycles. The molecule has 8 nitrogen and oxygen atoms in total. The Hall–Kier alpha value is -1.74. The van der Waals surface area contributed by atoms with Gasteiger partial charge < -0.3 is 5.32 Å². The summed E-state index contributed by atoms with van der Waals surface area (Å²) < 4.78 is 26.4. The minimum atomic E-state index is -3.10. The Bertz CT molecular complexity index is 643. The van der Waals surface area contributed by atoms with Crippen molar-refractivity contribution in [3.05, 3.63) is 12.4 Å². The zero-order chi connectivity index (χ0) is 16.2. The Kier molecular flexibility index (Phi) is 5.30. The number of guanidine groups is 1. The lowest BCUT2D eigenvalue weighted by atomic mass is 10.1. The van der Waals surface area contributed by atoms with Crippen molar-refractivity contribution in [1.82, 2.24) is 14.1 Å². The molecule has 2 rings (SSSR count). The third kappa shape index (κ3) is 4.14. The first kappa shape index (κ1) is 16.6. The summed E-state index contributed by atoms with van der Waals surface area (Å²) in [6.45, 7) is 7.08. The Morgan fingerprint density at radius 3 is 2.73 bits per heavy atom. The van der Waals surface area contributed by atoms with Crippen LogP contribution in [0.1, 0.15) is 25.8 Å². The normalized spacial score (nSPS) is 18.4. The van der Waals surface area contributed by atoms with E-state index in [1.807, 2.05) is 17.8 Å². The number of sulfonamides is 1. The van der Waals surface area contributed by atoms with Gasteiger partial charge in [0.05, 0.1) is 24.2 Å². The quantitative estimate of drug-likeness (QED) is 0.659. The van der Waals surface area contributed by atoms with E-state index in [1.54, 1.807) is 6.20 Å². The molecule has 0 atom stereocenters. The Labute approximate surface area is 131 Å². The number of hydrogen-bond acceptors (Lipinski definition) is 4. The van der Waals surface area contributed by atoms with E-state index in [9.17, 15) is 8.42 Å². The van der Waals surface area contributed by atoms with Crippen molar-refractivity contribution >= 4 is 28.4 Å². The van der Waals surface area contributed by atoms with Gasteiger partial charge in [0, 0.05) is 25.8 Å². The molecule has 0 radical (unpaired) electrons. The maximum Gasteiger partial charge on any atom is 0.221 e. The molecule has 0 spiro atoms. The minimum Gasteiger partial charge on any atom is -0.322 e. The predicted octanol–water partition coefficient (Wildman–Crippen LogP) is 0.968. The predicted molar refractivity (Wildman–Crippen MR) is 88.1 cm³/mol. The molecule has 2 heterocycles. The van der Waals surface area contributed by atoms with Gasteiger partial charge in [0.2, 0.25) is 16.0 Å². The number of anilines is 1. The summed E-state index contributed by atoms with van der Waals surface area (Å²) in [6, 6.07) is 0.205. The highest BCUT2D eigenvalue weighted by molar-refractivity contribution is 7.88. The minimum absolute atomic E-state index is 0.205. The van der Waals surface area contributed by atoms with Crippen LogP contribution in [0.3, 0.4) is 0 Å². The number of aromatic nitrogens is 2. The molecule has 0 amide bonds. The molecule has 1 aliphatic rings. The molecule has 0 aliphatic carbocycles. The molecular formula is C13H22N6O2S. The molecule has 0 bridgehead atoms. The topological polar surface area (TPSA) is 91.9 Å². The Morgan fingerprint density at radius 1 is 1.50 bits per heavy atom. The number of hydrogen-bond donors (Lipinski definition) is 1. The van der Waals surface area contributed by atoms with Crippen molar-refractivity contribution in [2.75, 3.05) is 31.2 Å². The largest absolute Gasteiger partial charge is 0.322 e. The van der Waals surface area contributed by atoms with Crippen LogP contribution >= 0.6 is 0 Å². The summed E-state index contributed by atoms with van der Waals surface area (Å²) >= 11 is 0. The van der Waals surface area contributed by atoms with Crippen molar-refractivity contribution in [1.29, 1.82) is 0 Å². The van der Waals surface area contributed by atoms with Gasteiger partial charge in [-0.3, -0.25) is 9.67 Å². The molecule has 9 heteroatoms. The second kappa shape index (κ2) is 7.01. The fraction of sp³-hybridized carbons (Fsp3) is 0.615. The standard InChI is InChI=1S/C13H22N6O2S/c1-4-15-13(14-2)17-11-9-16-19(10-11)12-5-7-18(8-6-12)22(3,20)21/h9-10,12H,2,4-8H2,1,3H3,(H,15,17). The third-order valence-corrected chi connectivity index (χ3v) is 4.89. The SMILES string of the molecule is C=NC(=NCC)Nc1cnn(C2CCN(S(C)(=O)=O)CC2)c1. The summed E-state index contributed by atoms with van der Waals surface area (Å²) in [5.74, 6) is 0.467. The van der Waals surface area contributed by atoms with E-state index in [2.05, 4.69) is 27.1 Å². The van der Waals surface area contributed by atoms with Crippen molar-refractivity contribution in [2.24, 2.45) is 9.98 Å². The van der Waals surface area contributed by atoms with Crippen LogP contribution in [-0.2, 0) is 10.0 Å². The molecule has 1 aromatic rings. The molecule has 122 valence electrons. The van der Waals surface area contributed by atoms with Crippen LogP contribution in [-0.4, -0.2) is 61.1 Å². The summed E-state index contributed by atoms with van der Waals surface area (Å²) in [6.07, 6.45) is 6.35.